The van der Waals surface area contributed by atoms with Gasteiger partial charge in [-0.15, -0.1) is 0 Å². The second-order valence-corrected chi connectivity index (χ2v) is 4.11. The summed E-state index contributed by atoms with van der Waals surface area (Å²) in [7, 11) is 0. The molecule has 68 valence electrons. The molecule has 0 aliphatic carbocycles. The number of hydrogen-bond donors (Lipinski definition) is 2. The van der Waals surface area contributed by atoms with E-state index in [4.69, 9.17) is 5.73 Å². The highest BCUT2D eigenvalue weighted by molar-refractivity contribution is 4.89. The summed E-state index contributed by atoms with van der Waals surface area (Å²) in [6, 6.07) is 0. The first kappa shape index (κ1) is 10.9. The van der Waals surface area contributed by atoms with Crippen molar-refractivity contribution >= 4 is 0 Å². The summed E-state index contributed by atoms with van der Waals surface area (Å²) >= 11 is 0. The lowest BCUT2D eigenvalue weighted by Gasteiger charge is -2.39. The zero-order chi connectivity index (χ0) is 9.12. The van der Waals surface area contributed by atoms with Crippen molar-refractivity contribution in [3.05, 3.63) is 0 Å². The van der Waals surface area contributed by atoms with Gasteiger partial charge in [-0.05, 0) is 13.3 Å². The minimum absolute atomic E-state index is 0.178. The van der Waals surface area contributed by atoms with Crippen LogP contribution in [0, 0.1) is 5.41 Å². The molecule has 0 saturated carbocycles. The molecule has 0 heterocycles. The minimum Gasteiger partial charge on any atom is -0.390 e. The van der Waals surface area contributed by atoms with Gasteiger partial charge >= 0.3 is 0 Å². The second-order valence-electron chi connectivity index (χ2n) is 4.11. The average molecular weight is 159 g/mol. The molecule has 0 saturated heterocycles. The summed E-state index contributed by atoms with van der Waals surface area (Å²) in [4.78, 5) is 0. The Hall–Kier alpha value is -0.0800. The summed E-state index contributed by atoms with van der Waals surface area (Å²) in [6.07, 6.45) is 1.81. The molecule has 0 amide bonds. The molecule has 0 rings (SSSR count). The maximum Gasteiger partial charge on any atom is 0.0682 e. The van der Waals surface area contributed by atoms with E-state index in [2.05, 4.69) is 6.92 Å². The summed E-state index contributed by atoms with van der Waals surface area (Å²) in [6.45, 7) is 8.47. The molecule has 0 aliphatic heterocycles. The Morgan fingerprint density at radius 2 is 1.73 bits per heavy atom. The van der Waals surface area contributed by atoms with Gasteiger partial charge in [0.1, 0.15) is 0 Å². The number of nitrogens with two attached hydrogens (primary N) is 1. The maximum absolute atomic E-state index is 9.96. The highest BCUT2D eigenvalue weighted by atomic mass is 16.3. The predicted molar refractivity (Wildman–Crippen MR) is 48.4 cm³/mol. The first-order chi connectivity index (χ1) is 4.87. The Morgan fingerprint density at radius 1 is 1.27 bits per heavy atom. The van der Waals surface area contributed by atoms with Crippen LogP contribution in [0.4, 0.5) is 0 Å². The van der Waals surface area contributed by atoms with E-state index in [1.54, 1.807) is 0 Å². The highest BCUT2D eigenvalue weighted by Gasteiger charge is 2.36. The topological polar surface area (TPSA) is 46.2 Å². The van der Waals surface area contributed by atoms with Gasteiger partial charge in [-0.2, -0.15) is 0 Å². The van der Waals surface area contributed by atoms with Crippen molar-refractivity contribution in [2.75, 3.05) is 6.54 Å². The number of aliphatic hydroxyl groups is 1. The van der Waals surface area contributed by atoms with Crippen LogP contribution in [0.15, 0.2) is 0 Å². The van der Waals surface area contributed by atoms with Crippen molar-refractivity contribution in [3.63, 3.8) is 0 Å². The molecule has 2 heteroatoms. The lowest BCUT2D eigenvalue weighted by Crippen LogP contribution is -2.46. The third-order valence-electron chi connectivity index (χ3n) is 2.71. The van der Waals surface area contributed by atoms with Gasteiger partial charge in [0, 0.05) is 12.0 Å². The molecular weight excluding hydrogens is 138 g/mol. The second kappa shape index (κ2) is 3.55. The Labute approximate surface area is 69.8 Å². The Bertz CT molecular complexity index is 119. The predicted octanol–water partition coefficient (Wildman–Crippen LogP) is 1.52. The van der Waals surface area contributed by atoms with Crippen LogP contribution in [0.1, 0.15) is 40.5 Å². The van der Waals surface area contributed by atoms with E-state index in [0.717, 1.165) is 12.8 Å². The SMILES string of the molecule is CCCC(C)(O)C(C)(C)CN. The smallest absolute Gasteiger partial charge is 0.0682 e. The van der Waals surface area contributed by atoms with E-state index in [9.17, 15) is 5.11 Å². The molecule has 0 spiro atoms. The minimum atomic E-state index is -0.628. The van der Waals surface area contributed by atoms with Crippen LogP contribution < -0.4 is 5.73 Å². The van der Waals surface area contributed by atoms with Gasteiger partial charge in [-0.1, -0.05) is 27.2 Å². The molecule has 0 aromatic heterocycles. The van der Waals surface area contributed by atoms with Crippen LogP contribution in [0.2, 0.25) is 0 Å². The molecule has 1 unspecified atom stereocenters. The molecule has 2 nitrogen and oxygen atoms in total. The van der Waals surface area contributed by atoms with Crippen molar-refractivity contribution in [1.29, 1.82) is 0 Å². The average Bonchev–Trinajstić information content (AvgIpc) is 1.87. The fraction of sp³-hybridized carbons (Fsp3) is 1.00. The van der Waals surface area contributed by atoms with Gasteiger partial charge in [-0.3, -0.25) is 0 Å². The van der Waals surface area contributed by atoms with Crippen LogP contribution in [0.3, 0.4) is 0 Å². The lowest BCUT2D eigenvalue weighted by molar-refractivity contribution is -0.0532. The van der Waals surface area contributed by atoms with Gasteiger partial charge in [0.05, 0.1) is 5.60 Å². The van der Waals surface area contributed by atoms with Crippen molar-refractivity contribution in [3.8, 4) is 0 Å². The molecule has 0 radical (unpaired) electrons. The lowest BCUT2D eigenvalue weighted by atomic mass is 9.74. The van der Waals surface area contributed by atoms with Crippen LogP contribution in [0.5, 0.6) is 0 Å². The van der Waals surface area contributed by atoms with Crippen LogP contribution >= 0.6 is 0 Å². The molecule has 3 N–H and O–H groups in total. The quantitative estimate of drug-likeness (QED) is 0.653. The summed E-state index contributed by atoms with van der Waals surface area (Å²) < 4.78 is 0. The number of rotatable bonds is 4. The van der Waals surface area contributed by atoms with Crippen molar-refractivity contribution in [2.45, 2.75) is 46.1 Å². The van der Waals surface area contributed by atoms with Crippen molar-refractivity contribution in [2.24, 2.45) is 11.1 Å². The van der Waals surface area contributed by atoms with E-state index in [1.807, 2.05) is 20.8 Å². The first-order valence-corrected chi connectivity index (χ1v) is 4.30. The molecule has 11 heavy (non-hydrogen) atoms. The van der Waals surface area contributed by atoms with E-state index < -0.39 is 5.60 Å². The molecule has 1 atom stereocenters. The maximum atomic E-state index is 9.96. The molecule has 0 aliphatic rings. The Morgan fingerprint density at radius 3 is 2.00 bits per heavy atom. The molecule has 0 fully saturated rings. The summed E-state index contributed by atoms with van der Waals surface area (Å²) in [5.74, 6) is 0. The normalized spacial score (nSPS) is 18.0. The fourth-order valence-electron chi connectivity index (χ4n) is 1.05. The van der Waals surface area contributed by atoms with E-state index >= 15 is 0 Å². The number of hydrogen-bond acceptors (Lipinski definition) is 2. The zero-order valence-corrected chi connectivity index (χ0v) is 8.15. The van der Waals surface area contributed by atoms with Gasteiger partial charge in [0.15, 0.2) is 0 Å². The van der Waals surface area contributed by atoms with E-state index in [1.165, 1.54) is 0 Å². The van der Waals surface area contributed by atoms with Gasteiger partial charge < -0.3 is 10.8 Å². The molecular formula is C9H21NO. The Kier molecular flexibility index (Phi) is 3.52. The van der Waals surface area contributed by atoms with Gasteiger partial charge in [-0.25, -0.2) is 0 Å². The highest BCUT2D eigenvalue weighted by Crippen LogP contribution is 2.32. The standard InChI is InChI=1S/C9H21NO/c1-5-6-9(4,11)8(2,3)7-10/h11H,5-7,10H2,1-4H3. The van der Waals surface area contributed by atoms with Gasteiger partial charge in [0.25, 0.3) is 0 Å². The monoisotopic (exact) mass is 159 g/mol. The summed E-state index contributed by atoms with van der Waals surface area (Å²) in [5, 5.41) is 9.96. The Balaban J connectivity index is 4.26. The van der Waals surface area contributed by atoms with Crippen LogP contribution in [-0.4, -0.2) is 17.3 Å². The van der Waals surface area contributed by atoms with Gasteiger partial charge in [0.2, 0.25) is 0 Å². The zero-order valence-electron chi connectivity index (χ0n) is 8.15. The van der Waals surface area contributed by atoms with E-state index in [-0.39, 0.29) is 5.41 Å². The van der Waals surface area contributed by atoms with E-state index in [0.29, 0.717) is 6.54 Å². The molecule has 0 aromatic rings. The van der Waals surface area contributed by atoms with Crippen molar-refractivity contribution in [1.82, 2.24) is 0 Å². The third-order valence-corrected chi connectivity index (χ3v) is 2.71. The molecule has 0 bridgehead atoms. The van der Waals surface area contributed by atoms with Crippen LogP contribution in [-0.2, 0) is 0 Å². The fourth-order valence-corrected chi connectivity index (χ4v) is 1.05. The van der Waals surface area contributed by atoms with Crippen LogP contribution in [0.25, 0.3) is 0 Å². The largest absolute Gasteiger partial charge is 0.390 e. The third kappa shape index (κ3) is 2.46. The molecule has 0 aromatic carbocycles. The summed E-state index contributed by atoms with van der Waals surface area (Å²) in [5.41, 5.74) is 4.76. The first-order valence-electron chi connectivity index (χ1n) is 4.30. The van der Waals surface area contributed by atoms with Crippen molar-refractivity contribution < 1.29 is 5.11 Å².